The maximum atomic E-state index is 8.98. The number of aliphatic hydroxyl groups excluding tert-OH is 1. The van der Waals surface area contributed by atoms with Gasteiger partial charge >= 0.3 is 0 Å². The molecule has 0 saturated carbocycles. The highest BCUT2D eigenvalue weighted by Crippen LogP contribution is 2.12. The number of hydrogen-bond donors (Lipinski definition) is 1. The fourth-order valence-corrected chi connectivity index (χ4v) is 1.57. The maximum absolute atomic E-state index is 8.98. The number of aliphatic hydroxyl groups is 1. The van der Waals surface area contributed by atoms with Gasteiger partial charge in [0.2, 0.25) is 0 Å². The first-order chi connectivity index (χ1) is 6.74. The van der Waals surface area contributed by atoms with Gasteiger partial charge in [-0.15, -0.1) is 0 Å². The Hall–Kier alpha value is -1.42. The Morgan fingerprint density at radius 3 is 2.93 bits per heavy atom. The van der Waals surface area contributed by atoms with Gasteiger partial charge in [-0.25, -0.2) is 4.52 Å². The normalized spacial score (nSPS) is 11.1. The molecule has 0 radical (unpaired) electrons. The van der Waals surface area contributed by atoms with Gasteiger partial charge in [0.1, 0.15) is 0 Å². The first-order valence-corrected chi connectivity index (χ1v) is 4.70. The predicted molar refractivity (Wildman–Crippen MR) is 53.0 cm³/mol. The zero-order chi connectivity index (χ0) is 10.1. The minimum atomic E-state index is -0.0239. The Balaban J connectivity index is 2.71. The van der Waals surface area contributed by atoms with Gasteiger partial charge in [0, 0.05) is 0 Å². The van der Waals surface area contributed by atoms with Crippen molar-refractivity contribution in [3.63, 3.8) is 0 Å². The van der Waals surface area contributed by atoms with E-state index in [0.717, 1.165) is 23.3 Å². The second kappa shape index (κ2) is 3.38. The van der Waals surface area contributed by atoms with Gasteiger partial charge in [0.25, 0.3) is 0 Å². The van der Waals surface area contributed by atoms with Crippen LogP contribution in [-0.4, -0.2) is 19.7 Å². The van der Waals surface area contributed by atoms with E-state index in [2.05, 4.69) is 17.0 Å². The summed E-state index contributed by atoms with van der Waals surface area (Å²) in [5, 5.41) is 13.2. The third-order valence-corrected chi connectivity index (χ3v) is 2.20. The van der Waals surface area contributed by atoms with E-state index in [1.54, 1.807) is 4.52 Å². The molecule has 2 aromatic heterocycles. The van der Waals surface area contributed by atoms with E-state index >= 15 is 0 Å². The molecule has 0 fully saturated rings. The monoisotopic (exact) mass is 191 g/mol. The summed E-state index contributed by atoms with van der Waals surface area (Å²) in [5.74, 6) is 0. The molecule has 0 unspecified atom stereocenters. The fraction of sp³-hybridized carbons (Fsp3) is 0.400. The SMILES string of the molecule is CCc1nc(C)cn2nc(CO)cc12. The molecule has 1 N–H and O–H groups in total. The van der Waals surface area contributed by atoms with Crippen molar-refractivity contribution in [3.05, 3.63) is 29.3 Å². The van der Waals surface area contributed by atoms with Crippen molar-refractivity contribution >= 4 is 5.52 Å². The van der Waals surface area contributed by atoms with Gasteiger partial charge in [-0.3, -0.25) is 4.98 Å². The van der Waals surface area contributed by atoms with Crippen LogP contribution in [0.15, 0.2) is 12.3 Å². The summed E-state index contributed by atoms with van der Waals surface area (Å²) >= 11 is 0. The summed E-state index contributed by atoms with van der Waals surface area (Å²) < 4.78 is 1.78. The molecule has 4 heteroatoms. The van der Waals surface area contributed by atoms with Crippen LogP contribution < -0.4 is 0 Å². The molecule has 0 saturated heterocycles. The van der Waals surface area contributed by atoms with Crippen LogP contribution in [0.4, 0.5) is 0 Å². The summed E-state index contributed by atoms with van der Waals surface area (Å²) in [7, 11) is 0. The zero-order valence-electron chi connectivity index (χ0n) is 8.36. The Morgan fingerprint density at radius 2 is 2.29 bits per heavy atom. The van der Waals surface area contributed by atoms with Crippen molar-refractivity contribution in [1.82, 2.24) is 14.6 Å². The first-order valence-electron chi connectivity index (χ1n) is 4.70. The van der Waals surface area contributed by atoms with Crippen LogP contribution in [0.2, 0.25) is 0 Å². The first kappa shape index (κ1) is 9.15. The molecule has 74 valence electrons. The smallest absolute Gasteiger partial charge is 0.0890 e. The number of fused-ring (bicyclic) bond motifs is 1. The van der Waals surface area contributed by atoms with E-state index in [9.17, 15) is 0 Å². The largest absolute Gasteiger partial charge is 0.390 e. The van der Waals surface area contributed by atoms with Crippen LogP contribution in [0.3, 0.4) is 0 Å². The highest BCUT2D eigenvalue weighted by atomic mass is 16.3. The molecule has 14 heavy (non-hydrogen) atoms. The van der Waals surface area contributed by atoms with Crippen LogP contribution in [0, 0.1) is 6.92 Å². The molecule has 0 aliphatic heterocycles. The number of aryl methyl sites for hydroxylation is 2. The molecule has 2 rings (SSSR count). The van der Waals surface area contributed by atoms with Crippen molar-refractivity contribution in [2.24, 2.45) is 0 Å². The van der Waals surface area contributed by atoms with Crippen molar-refractivity contribution in [1.29, 1.82) is 0 Å². The molecular formula is C10H13N3O. The Kier molecular flexibility index (Phi) is 2.21. The van der Waals surface area contributed by atoms with E-state index in [1.807, 2.05) is 19.2 Å². The fourth-order valence-electron chi connectivity index (χ4n) is 1.57. The summed E-state index contributed by atoms with van der Waals surface area (Å²) in [6, 6.07) is 1.88. The number of rotatable bonds is 2. The molecule has 0 amide bonds. The molecular weight excluding hydrogens is 178 g/mol. The van der Waals surface area contributed by atoms with E-state index in [1.165, 1.54) is 0 Å². The van der Waals surface area contributed by atoms with Gasteiger partial charge in [0.15, 0.2) is 0 Å². The molecule has 4 nitrogen and oxygen atoms in total. The number of hydrogen-bond acceptors (Lipinski definition) is 3. The molecule has 0 bridgehead atoms. The summed E-state index contributed by atoms with van der Waals surface area (Å²) in [6.07, 6.45) is 2.75. The predicted octanol–water partition coefficient (Wildman–Crippen LogP) is 1.09. The minimum Gasteiger partial charge on any atom is -0.390 e. The lowest BCUT2D eigenvalue weighted by molar-refractivity contribution is 0.276. The van der Waals surface area contributed by atoms with Crippen molar-refractivity contribution < 1.29 is 5.11 Å². The second-order valence-electron chi connectivity index (χ2n) is 3.31. The van der Waals surface area contributed by atoms with Crippen molar-refractivity contribution in [3.8, 4) is 0 Å². The van der Waals surface area contributed by atoms with Crippen LogP contribution in [0.1, 0.15) is 24.0 Å². The Bertz CT molecular complexity index is 462. The Labute approximate surface area is 82.2 Å². The maximum Gasteiger partial charge on any atom is 0.0890 e. The highest BCUT2D eigenvalue weighted by molar-refractivity contribution is 5.52. The van der Waals surface area contributed by atoms with Gasteiger partial charge in [-0.05, 0) is 19.4 Å². The lowest BCUT2D eigenvalue weighted by Crippen LogP contribution is -1.98. The van der Waals surface area contributed by atoms with E-state index < -0.39 is 0 Å². The second-order valence-corrected chi connectivity index (χ2v) is 3.31. The average molecular weight is 191 g/mol. The van der Waals surface area contributed by atoms with E-state index in [0.29, 0.717) is 5.69 Å². The summed E-state index contributed by atoms with van der Waals surface area (Å²) in [5.41, 5.74) is 3.65. The van der Waals surface area contributed by atoms with Crippen molar-refractivity contribution in [2.45, 2.75) is 26.9 Å². The third-order valence-electron chi connectivity index (χ3n) is 2.20. The van der Waals surface area contributed by atoms with Crippen LogP contribution >= 0.6 is 0 Å². The van der Waals surface area contributed by atoms with Crippen LogP contribution in [0.25, 0.3) is 5.52 Å². The molecule has 0 aliphatic carbocycles. The molecule has 2 heterocycles. The van der Waals surface area contributed by atoms with Gasteiger partial charge in [-0.1, -0.05) is 6.92 Å². The van der Waals surface area contributed by atoms with Crippen LogP contribution in [0.5, 0.6) is 0 Å². The van der Waals surface area contributed by atoms with E-state index in [4.69, 9.17) is 5.11 Å². The molecule has 0 atom stereocenters. The standard InChI is InChI=1S/C10H13N3O/c1-3-9-10-4-8(6-14)12-13(10)5-7(2)11-9/h4-5,14H,3,6H2,1-2H3. The summed E-state index contributed by atoms with van der Waals surface area (Å²) in [4.78, 5) is 4.42. The molecule has 2 aromatic rings. The minimum absolute atomic E-state index is 0.0239. The quantitative estimate of drug-likeness (QED) is 0.773. The van der Waals surface area contributed by atoms with Gasteiger partial charge in [0.05, 0.1) is 35.4 Å². The third kappa shape index (κ3) is 1.37. The lowest BCUT2D eigenvalue weighted by Gasteiger charge is -2.01. The lowest BCUT2D eigenvalue weighted by atomic mass is 10.2. The zero-order valence-corrected chi connectivity index (χ0v) is 8.36. The van der Waals surface area contributed by atoms with Gasteiger partial charge < -0.3 is 5.11 Å². The highest BCUT2D eigenvalue weighted by Gasteiger charge is 2.06. The average Bonchev–Trinajstić information content (AvgIpc) is 2.59. The van der Waals surface area contributed by atoms with Crippen LogP contribution in [-0.2, 0) is 13.0 Å². The topological polar surface area (TPSA) is 50.4 Å². The van der Waals surface area contributed by atoms with Crippen molar-refractivity contribution in [2.75, 3.05) is 0 Å². The molecule has 0 spiro atoms. The van der Waals surface area contributed by atoms with E-state index in [-0.39, 0.29) is 6.61 Å². The number of aromatic nitrogens is 3. The molecule has 0 aliphatic rings. The molecule has 0 aromatic carbocycles. The number of nitrogens with zero attached hydrogens (tertiary/aromatic N) is 3. The summed E-state index contributed by atoms with van der Waals surface area (Å²) in [6.45, 7) is 3.98. The Morgan fingerprint density at radius 1 is 1.50 bits per heavy atom. The van der Waals surface area contributed by atoms with Gasteiger partial charge in [-0.2, -0.15) is 5.10 Å².